The van der Waals surface area contributed by atoms with Crippen molar-refractivity contribution in [3.63, 3.8) is 0 Å². The van der Waals surface area contributed by atoms with Gasteiger partial charge < -0.3 is 0 Å². The van der Waals surface area contributed by atoms with Crippen molar-refractivity contribution in [3.8, 4) is 0 Å². The third-order valence-electron chi connectivity index (χ3n) is 5.48. The van der Waals surface area contributed by atoms with Gasteiger partial charge in [-0.25, -0.2) is 0 Å². The quantitative estimate of drug-likeness (QED) is 0.0990. The van der Waals surface area contributed by atoms with Gasteiger partial charge in [-0.2, -0.15) is 0 Å². The predicted octanol–water partition coefficient (Wildman–Crippen LogP) is 9.56. The molecule has 0 aliphatic rings. The zero-order valence-electron chi connectivity index (χ0n) is 18.3. The summed E-state index contributed by atoms with van der Waals surface area (Å²) in [4.78, 5) is 0. The molecule has 0 aromatic heterocycles. The van der Waals surface area contributed by atoms with Crippen LogP contribution in [-0.2, 0) is 0 Å². The summed E-state index contributed by atoms with van der Waals surface area (Å²) in [7, 11) is 0. The SMILES string of the molecule is CCCCCCC[CH2][Bi]([CH2]CCCCCCC)[CH2]CCCCCCC. The van der Waals surface area contributed by atoms with Crippen LogP contribution in [0.4, 0.5) is 0 Å². The van der Waals surface area contributed by atoms with E-state index in [1.54, 1.807) is 50.9 Å². The molecule has 0 aromatic carbocycles. The molecule has 0 aliphatic carbocycles. The van der Waals surface area contributed by atoms with E-state index in [1.807, 2.05) is 0 Å². The van der Waals surface area contributed by atoms with Crippen LogP contribution in [0.25, 0.3) is 0 Å². The maximum absolute atomic E-state index is 2.33. The van der Waals surface area contributed by atoms with Gasteiger partial charge in [0, 0.05) is 0 Å². The van der Waals surface area contributed by atoms with Crippen LogP contribution in [0.15, 0.2) is 0 Å². The van der Waals surface area contributed by atoms with Crippen molar-refractivity contribution in [2.75, 3.05) is 0 Å². The zero-order valence-corrected chi connectivity index (χ0v) is 21.8. The van der Waals surface area contributed by atoms with Crippen LogP contribution in [0.5, 0.6) is 0 Å². The van der Waals surface area contributed by atoms with Gasteiger partial charge in [-0.1, -0.05) is 0 Å². The van der Waals surface area contributed by atoms with Crippen molar-refractivity contribution in [3.05, 3.63) is 0 Å². The van der Waals surface area contributed by atoms with Gasteiger partial charge >= 0.3 is 170 Å². The number of hydrogen-bond acceptors (Lipinski definition) is 0. The summed E-state index contributed by atoms with van der Waals surface area (Å²) in [5.74, 6) is 0. The molecule has 0 spiro atoms. The summed E-state index contributed by atoms with van der Waals surface area (Å²) >= 11 is -1.09. The second kappa shape index (κ2) is 22.9. The van der Waals surface area contributed by atoms with E-state index in [4.69, 9.17) is 0 Å². The molecule has 0 amide bonds. The molecular formula is C24H51Bi. The van der Waals surface area contributed by atoms with Crippen molar-refractivity contribution in [1.29, 1.82) is 0 Å². The summed E-state index contributed by atoms with van der Waals surface area (Å²) in [6.45, 7) is 6.98. The minimum atomic E-state index is -1.09. The van der Waals surface area contributed by atoms with E-state index in [1.165, 1.54) is 77.0 Å². The molecule has 0 saturated carbocycles. The Kier molecular flexibility index (Phi) is 23.7. The molecule has 0 rings (SSSR count). The van der Waals surface area contributed by atoms with E-state index < -0.39 is 21.8 Å². The van der Waals surface area contributed by atoms with Gasteiger partial charge in [-0.3, -0.25) is 0 Å². The third-order valence-corrected chi connectivity index (χ3v) is 16.5. The fraction of sp³-hybridized carbons (Fsp3) is 1.00. The Bertz CT molecular complexity index is 188. The average molecular weight is 549 g/mol. The summed E-state index contributed by atoms with van der Waals surface area (Å²) in [5.41, 5.74) is 0. The van der Waals surface area contributed by atoms with E-state index >= 15 is 0 Å². The third kappa shape index (κ3) is 21.0. The monoisotopic (exact) mass is 548 g/mol. The topological polar surface area (TPSA) is 0 Å². The first-order chi connectivity index (χ1) is 12.3. The molecule has 0 nitrogen and oxygen atoms in total. The zero-order chi connectivity index (χ0) is 18.4. The Hall–Kier alpha value is 0.883. The van der Waals surface area contributed by atoms with Gasteiger partial charge in [0.15, 0.2) is 0 Å². The van der Waals surface area contributed by atoms with Crippen LogP contribution < -0.4 is 0 Å². The molecular weight excluding hydrogens is 497 g/mol. The maximum atomic E-state index is 2.33. The van der Waals surface area contributed by atoms with Gasteiger partial charge in [0.2, 0.25) is 0 Å². The molecule has 0 radical (unpaired) electrons. The Labute approximate surface area is 170 Å². The Morgan fingerprint density at radius 3 is 0.840 bits per heavy atom. The van der Waals surface area contributed by atoms with Crippen LogP contribution in [0.3, 0.4) is 0 Å². The molecule has 0 fully saturated rings. The van der Waals surface area contributed by atoms with Gasteiger partial charge in [0.25, 0.3) is 0 Å². The molecule has 152 valence electrons. The predicted molar refractivity (Wildman–Crippen MR) is 120 cm³/mol. The van der Waals surface area contributed by atoms with Gasteiger partial charge in [-0.15, -0.1) is 0 Å². The molecule has 0 aliphatic heterocycles. The normalized spacial score (nSPS) is 11.5. The standard InChI is InChI=1S/3C8H17.Bi/c3*1-3-5-7-8-6-4-2;/h3*1,3-8H2,2H3;. The van der Waals surface area contributed by atoms with Crippen LogP contribution >= 0.6 is 0 Å². The summed E-state index contributed by atoms with van der Waals surface area (Å²) in [5, 5.41) is 0. The minimum absolute atomic E-state index is 1.09. The second-order valence-electron chi connectivity index (χ2n) is 8.14. The first-order valence-electron chi connectivity index (χ1n) is 12.1. The number of unbranched alkanes of at least 4 members (excludes halogenated alkanes) is 15. The molecule has 0 unspecified atom stereocenters. The molecule has 0 N–H and O–H groups in total. The summed E-state index contributed by atoms with van der Waals surface area (Å²) in [6, 6.07) is 0. The summed E-state index contributed by atoms with van der Waals surface area (Å²) in [6.07, 6.45) is 26.9. The Morgan fingerprint density at radius 2 is 0.560 bits per heavy atom. The molecule has 25 heavy (non-hydrogen) atoms. The van der Waals surface area contributed by atoms with Crippen molar-refractivity contribution in [2.24, 2.45) is 0 Å². The molecule has 0 heterocycles. The van der Waals surface area contributed by atoms with Gasteiger partial charge in [0.05, 0.1) is 0 Å². The Balaban J connectivity index is 3.76. The van der Waals surface area contributed by atoms with Crippen LogP contribution in [0.1, 0.15) is 136 Å². The van der Waals surface area contributed by atoms with Crippen LogP contribution in [0.2, 0.25) is 12.4 Å². The van der Waals surface area contributed by atoms with Crippen LogP contribution in [0, 0.1) is 0 Å². The molecule has 0 bridgehead atoms. The van der Waals surface area contributed by atoms with E-state index in [9.17, 15) is 0 Å². The average Bonchev–Trinajstić information content (AvgIpc) is 2.63. The number of rotatable bonds is 21. The van der Waals surface area contributed by atoms with E-state index in [0.717, 1.165) is 0 Å². The first kappa shape index (κ1) is 25.9. The first-order valence-corrected chi connectivity index (χ1v) is 19.4. The van der Waals surface area contributed by atoms with E-state index in [-0.39, 0.29) is 0 Å². The fourth-order valence-electron chi connectivity index (χ4n) is 3.68. The molecule has 0 aromatic rings. The van der Waals surface area contributed by atoms with E-state index in [2.05, 4.69) is 20.8 Å². The molecule has 0 atom stereocenters. The fourth-order valence-corrected chi connectivity index (χ4v) is 14.1. The second-order valence-corrected chi connectivity index (χ2v) is 18.6. The molecule has 1 heteroatoms. The molecule has 0 saturated heterocycles. The van der Waals surface area contributed by atoms with Crippen LogP contribution in [-0.4, -0.2) is 21.8 Å². The van der Waals surface area contributed by atoms with Crippen molar-refractivity contribution >= 4 is 21.8 Å². The van der Waals surface area contributed by atoms with Crippen molar-refractivity contribution < 1.29 is 0 Å². The van der Waals surface area contributed by atoms with Gasteiger partial charge in [0.1, 0.15) is 0 Å². The summed E-state index contributed by atoms with van der Waals surface area (Å²) < 4.78 is 5.18. The van der Waals surface area contributed by atoms with Crippen molar-refractivity contribution in [2.45, 2.75) is 149 Å². The van der Waals surface area contributed by atoms with Crippen molar-refractivity contribution in [1.82, 2.24) is 0 Å². The van der Waals surface area contributed by atoms with E-state index in [0.29, 0.717) is 0 Å². The van der Waals surface area contributed by atoms with Gasteiger partial charge in [-0.05, 0) is 0 Å². The Morgan fingerprint density at radius 1 is 0.320 bits per heavy atom. The number of hydrogen-bond donors (Lipinski definition) is 0.